The number of benzene rings is 1. The SMILES string of the molecule is Nc1cccc(SCCS(=O)(=O)Nc2ccncc2)c1. The van der Waals surface area contributed by atoms with Crippen molar-refractivity contribution in [2.45, 2.75) is 4.90 Å². The largest absolute Gasteiger partial charge is 0.399 e. The summed E-state index contributed by atoms with van der Waals surface area (Å²) in [7, 11) is -3.34. The average Bonchev–Trinajstić information content (AvgIpc) is 2.39. The molecule has 0 aliphatic heterocycles. The first-order valence-corrected chi connectivity index (χ1v) is 8.58. The van der Waals surface area contributed by atoms with Gasteiger partial charge < -0.3 is 5.73 Å². The summed E-state index contributed by atoms with van der Waals surface area (Å²) in [6.45, 7) is 0. The topological polar surface area (TPSA) is 85.1 Å². The van der Waals surface area contributed by atoms with Gasteiger partial charge in [-0.3, -0.25) is 9.71 Å². The maximum atomic E-state index is 11.9. The van der Waals surface area contributed by atoms with Crippen molar-refractivity contribution in [3.63, 3.8) is 0 Å². The molecule has 3 N–H and O–H groups in total. The maximum absolute atomic E-state index is 11.9. The van der Waals surface area contributed by atoms with Crippen LogP contribution in [0.2, 0.25) is 0 Å². The quantitative estimate of drug-likeness (QED) is 0.631. The van der Waals surface area contributed by atoms with Crippen molar-refractivity contribution in [2.24, 2.45) is 0 Å². The lowest BCUT2D eigenvalue weighted by Gasteiger charge is -2.07. The molecule has 0 unspecified atom stereocenters. The number of nitrogens with zero attached hydrogens (tertiary/aromatic N) is 1. The molecule has 20 heavy (non-hydrogen) atoms. The van der Waals surface area contributed by atoms with E-state index in [0.717, 1.165) is 4.90 Å². The molecule has 0 atom stereocenters. The van der Waals surface area contributed by atoms with Crippen molar-refractivity contribution in [1.82, 2.24) is 4.98 Å². The summed E-state index contributed by atoms with van der Waals surface area (Å²) < 4.78 is 26.3. The van der Waals surface area contributed by atoms with E-state index < -0.39 is 10.0 Å². The number of sulfonamides is 1. The fourth-order valence-corrected chi connectivity index (χ4v) is 3.96. The van der Waals surface area contributed by atoms with Gasteiger partial charge in [-0.15, -0.1) is 11.8 Å². The zero-order valence-corrected chi connectivity index (χ0v) is 12.3. The Labute approximate surface area is 122 Å². The number of pyridine rings is 1. The van der Waals surface area contributed by atoms with Gasteiger partial charge in [-0.2, -0.15) is 0 Å². The molecular formula is C13H15N3O2S2. The van der Waals surface area contributed by atoms with E-state index in [1.165, 1.54) is 11.8 Å². The van der Waals surface area contributed by atoms with E-state index in [1.54, 1.807) is 30.6 Å². The van der Waals surface area contributed by atoms with Crippen LogP contribution in [-0.2, 0) is 10.0 Å². The van der Waals surface area contributed by atoms with Crippen LogP contribution in [0.4, 0.5) is 11.4 Å². The molecule has 1 heterocycles. The van der Waals surface area contributed by atoms with Crippen LogP contribution in [0, 0.1) is 0 Å². The summed E-state index contributed by atoms with van der Waals surface area (Å²) in [6, 6.07) is 10.6. The molecule has 0 bridgehead atoms. The smallest absolute Gasteiger partial charge is 0.233 e. The highest BCUT2D eigenvalue weighted by molar-refractivity contribution is 8.01. The Morgan fingerprint density at radius 1 is 1.20 bits per heavy atom. The van der Waals surface area contributed by atoms with E-state index in [9.17, 15) is 8.42 Å². The Morgan fingerprint density at radius 2 is 1.95 bits per heavy atom. The standard InChI is InChI=1S/C13H15N3O2S2/c14-11-2-1-3-13(10-11)19-8-9-20(17,18)16-12-4-6-15-7-5-12/h1-7,10H,8-9,14H2,(H,15,16). The predicted molar refractivity (Wildman–Crippen MR) is 83.2 cm³/mol. The van der Waals surface area contributed by atoms with Crippen LogP contribution >= 0.6 is 11.8 Å². The van der Waals surface area contributed by atoms with Crippen molar-refractivity contribution in [2.75, 3.05) is 22.0 Å². The molecule has 0 aliphatic carbocycles. The second kappa shape index (κ2) is 6.62. The van der Waals surface area contributed by atoms with Gasteiger partial charge in [-0.05, 0) is 30.3 Å². The van der Waals surface area contributed by atoms with Gasteiger partial charge in [0.1, 0.15) is 0 Å². The third-order valence-corrected chi connectivity index (χ3v) is 4.97. The lowest BCUT2D eigenvalue weighted by molar-refractivity contribution is 0.602. The number of hydrogen-bond donors (Lipinski definition) is 2. The molecule has 0 fully saturated rings. The highest BCUT2D eigenvalue weighted by Gasteiger charge is 2.10. The van der Waals surface area contributed by atoms with E-state index >= 15 is 0 Å². The molecule has 0 spiro atoms. The number of nitrogen functional groups attached to an aromatic ring is 1. The molecule has 7 heteroatoms. The number of anilines is 2. The van der Waals surface area contributed by atoms with Crippen molar-refractivity contribution in [3.8, 4) is 0 Å². The molecule has 2 rings (SSSR count). The van der Waals surface area contributed by atoms with Gasteiger partial charge in [0.2, 0.25) is 10.0 Å². The number of hydrogen-bond acceptors (Lipinski definition) is 5. The fourth-order valence-electron chi connectivity index (χ4n) is 1.52. The summed E-state index contributed by atoms with van der Waals surface area (Å²) in [6.07, 6.45) is 3.08. The van der Waals surface area contributed by atoms with Crippen LogP contribution in [-0.4, -0.2) is 24.9 Å². The number of nitrogens with two attached hydrogens (primary N) is 1. The first-order chi connectivity index (χ1) is 9.55. The van der Waals surface area contributed by atoms with Gasteiger partial charge >= 0.3 is 0 Å². The van der Waals surface area contributed by atoms with Crippen molar-refractivity contribution in [1.29, 1.82) is 0 Å². The van der Waals surface area contributed by atoms with Crippen molar-refractivity contribution in [3.05, 3.63) is 48.8 Å². The van der Waals surface area contributed by atoms with E-state index in [1.807, 2.05) is 18.2 Å². The lowest BCUT2D eigenvalue weighted by atomic mass is 10.3. The van der Waals surface area contributed by atoms with Gasteiger partial charge in [0.15, 0.2) is 0 Å². The van der Waals surface area contributed by atoms with Crippen LogP contribution in [0.25, 0.3) is 0 Å². The first kappa shape index (κ1) is 14.7. The number of aromatic nitrogens is 1. The van der Waals surface area contributed by atoms with Crippen LogP contribution in [0.15, 0.2) is 53.7 Å². The third kappa shape index (κ3) is 4.75. The van der Waals surface area contributed by atoms with Gasteiger partial charge in [-0.25, -0.2) is 8.42 Å². The normalized spacial score (nSPS) is 11.2. The van der Waals surface area contributed by atoms with Gasteiger partial charge in [-0.1, -0.05) is 6.07 Å². The zero-order valence-electron chi connectivity index (χ0n) is 10.7. The zero-order chi connectivity index (χ0) is 14.4. The van der Waals surface area contributed by atoms with E-state index in [2.05, 4.69) is 9.71 Å². The van der Waals surface area contributed by atoms with Crippen LogP contribution in [0.3, 0.4) is 0 Å². The summed E-state index contributed by atoms with van der Waals surface area (Å²) >= 11 is 1.46. The lowest BCUT2D eigenvalue weighted by Crippen LogP contribution is -2.18. The highest BCUT2D eigenvalue weighted by Crippen LogP contribution is 2.20. The summed E-state index contributed by atoms with van der Waals surface area (Å²) in [4.78, 5) is 4.80. The summed E-state index contributed by atoms with van der Waals surface area (Å²) in [5.74, 6) is 0.499. The van der Waals surface area contributed by atoms with Crippen molar-refractivity contribution >= 4 is 33.2 Å². The molecule has 2 aromatic rings. The molecular weight excluding hydrogens is 294 g/mol. The Balaban J connectivity index is 1.87. The summed E-state index contributed by atoms with van der Waals surface area (Å²) in [5, 5.41) is 0. The number of rotatable bonds is 6. The first-order valence-electron chi connectivity index (χ1n) is 5.94. The Morgan fingerprint density at radius 3 is 2.65 bits per heavy atom. The maximum Gasteiger partial charge on any atom is 0.233 e. The molecule has 0 aliphatic rings. The third-order valence-electron chi connectivity index (χ3n) is 2.43. The molecule has 106 valence electrons. The van der Waals surface area contributed by atoms with Crippen LogP contribution in [0.1, 0.15) is 0 Å². The Hall–Kier alpha value is -1.73. The van der Waals surface area contributed by atoms with Crippen LogP contribution in [0.5, 0.6) is 0 Å². The summed E-state index contributed by atoms with van der Waals surface area (Å²) in [5.41, 5.74) is 6.86. The van der Waals surface area contributed by atoms with Crippen molar-refractivity contribution < 1.29 is 8.42 Å². The van der Waals surface area contributed by atoms with E-state index in [-0.39, 0.29) is 5.75 Å². The molecule has 0 amide bonds. The predicted octanol–water partition coefficient (Wildman–Crippen LogP) is 2.20. The minimum atomic E-state index is -3.34. The Bertz CT molecular complexity index is 660. The van der Waals surface area contributed by atoms with E-state index in [4.69, 9.17) is 5.73 Å². The molecule has 0 saturated carbocycles. The monoisotopic (exact) mass is 309 g/mol. The molecule has 1 aromatic heterocycles. The van der Waals surface area contributed by atoms with Gasteiger partial charge in [0.05, 0.1) is 11.4 Å². The van der Waals surface area contributed by atoms with Gasteiger partial charge in [0, 0.05) is 28.7 Å². The minimum Gasteiger partial charge on any atom is -0.399 e. The minimum absolute atomic E-state index is 0.0365. The molecule has 0 saturated heterocycles. The molecule has 0 radical (unpaired) electrons. The second-order valence-electron chi connectivity index (χ2n) is 4.08. The van der Waals surface area contributed by atoms with E-state index in [0.29, 0.717) is 17.1 Å². The molecule has 1 aromatic carbocycles. The fraction of sp³-hybridized carbons (Fsp3) is 0.154. The van der Waals surface area contributed by atoms with Gasteiger partial charge in [0.25, 0.3) is 0 Å². The number of nitrogens with one attached hydrogen (secondary N) is 1. The highest BCUT2D eigenvalue weighted by atomic mass is 32.2. The number of thioether (sulfide) groups is 1. The second-order valence-corrected chi connectivity index (χ2v) is 7.09. The molecule has 5 nitrogen and oxygen atoms in total. The average molecular weight is 309 g/mol. The Kier molecular flexibility index (Phi) is 4.86. The van der Waals surface area contributed by atoms with Crippen LogP contribution < -0.4 is 10.5 Å².